The highest BCUT2D eigenvalue weighted by atomic mass is 16.3. The first kappa shape index (κ1) is 11.4. The maximum absolute atomic E-state index is 10.4. The Bertz CT molecular complexity index is 193. The molecule has 88 valence electrons. The van der Waals surface area contributed by atoms with Crippen LogP contribution in [0.2, 0.25) is 0 Å². The summed E-state index contributed by atoms with van der Waals surface area (Å²) in [4.78, 5) is 0. The zero-order valence-electron chi connectivity index (χ0n) is 10.2. The van der Waals surface area contributed by atoms with Gasteiger partial charge in [-0.15, -0.1) is 0 Å². The molecule has 2 aliphatic carbocycles. The molecule has 0 aromatic heterocycles. The highest BCUT2D eigenvalue weighted by Gasteiger charge is 2.42. The smallest absolute Gasteiger partial charge is 0.0648 e. The van der Waals surface area contributed by atoms with Gasteiger partial charge in [-0.25, -0.2) is 0 Å². The molecule has 0 aromatic rings. The van der Waals surface area contributed by atoms with Crippen LogP contribution in [0.15, 0.2) is 0 Å². The lowest BCUT2D eigenvalue weighted by Gasteiger charge is -2.42. The highest BCUT2D eigenvalue weighted by molar-refractivity contribution is 4.95. The Hall–Kier alpha value is -0.0400. The molecule has 0 saturated heterocycles. The standard InChI is InChI=1S/C14H26O/c1-2-3-8-14(15)11-9-13(10-12-14)6-4-5-7-13/h15H,2-12H2,1H3. The maximum Gasteiger partial charge on any atom is 0.0648 e. The average molecular weight is 210 g/mol. The van der Waals surface area contributed by atoms with Gasteiger partial charge in [0.2, 0.25) is 0 Å². The zero-order chi connectivity index (χ0) is 10.8. The number of hydrogen-bond acceptors (Lipinski definition) is 1. The molecule has 2 aliphatic rings. The molecule has 2 fully saturated rings. The van der Waals surface area contributed by atoms with Gasteiger partial charge in [0, 0.05) is 0 Å². The van der Waals surface area contributed by atoms with E-state index in [0.29, 0.717) is 5.41 Å². The molecule has 0 heterocycles. The molecule has 1 nitrogen and oxygen atoms in total. The normalized spacial score (nSPS) is 28.4. The van der Waals surface area contributed by atoms with Gasteiger partial charge in [-0.3, -0.25) is 0 Å². The molecule has 0 radical (unpaired) electrons. The van der Waals surface area contributed by atoms with Gasteiger partial charge in [-0.05, 0) is 50.4 Å². The van der Waals surface area contributed by atoms with Crippen molar-refractivity contribution >= 4 is 0 Å². The van der Waals surface area contributed by atoms with Gasteiger partial charge in [-0.1, -0.05) is 32.6 Å². The summed E-state index contributed by atoms with van der Waals surface area (Å²) in [6, 6.07) is 0. The molecular formula is C14H26O. The van der Waals surface area contributed by atoms with E-state index in [0.717, 1.165) is 19.3 Å². The van der Waals surface area contributed by atoms with Crippen LogP contribution in [0.3, 0.4) is 0 Å². The molecule has 1 heteroatoms. The van der Waals surface area contributed by atoms with Crippen molar-refractivity contribution in [3.05, 3.63) is 0 Å². The molecule has 15 heavy (non-hydrogen) atoms. The van der Waals surface area contributed by atoms with Gasteiger partial charge in [0.15, 0.2) is 0 Å². The summed E-state index contributed by atoms with van der Waals surface area (Å²) in [6.45, 7) is 2.21. The van der Waals surface area contributed by atoms with Crippen LogP contribution in [0.5, 0.6) is 0 Å². The molecule has 2 saturated carbocycles. The van der Waals surface area contributed by atoms with Crippen molar-refractivity contribution in [2.45, 2.75) is 83.2 Å². The maximum atomic E-state index is 10.4. The zero-order valence-corrected chi connectivity index (χ0v) is 10.2. The second-order valence-corrected chi connectivity index (χ2v) is 6.04. The minimum Gasteiger partial charge on any atom is -0.390 e. The van der Waals surface area contributed by atoms with Gasteiger partial charge < -0.3 is 5.11 Å². The fourth-order valence-corrected chi connectivity index (χ4v) is 3.63. The van der Waals surface area contributed by atoms with Crippen molar-refractivity contribution in [2.24, 2.45) is 5.41 Å². The Morgan fingerprint density at radius 1 is 0.933 bits per heavy atom. The van der Waals surface area contributed by atoms with Crippen LogP contribution in [-0.2, 0) is 0 Å². The predicted molar refractivity (Wildman–Crippen MR) is 63.8 cm³/mol. The minimum absolute atomic E-state index is 0.288. The van der Waals surface area contributed by atoms with E-state index in [-0.39, 0.29) is 5.60 Å². The van der Waals surface area contributed by atoms with Crippen molar-refractivity contribution < 1.29 is 5.11 Å². The second-order valence-electron chi connectivity index (χ2n) is 6.04. The van der Waals surface area contributed by atoms with E-state index in [2.05, 4.69) is 6.92 Å². The largest absolute Gasteiger partial charge is 0.390 e. The third-order valence-electron chi connectivity index (χ3n) is 4.90. The quantitative estimate of drug-likeness (QED) is 0.745. The highest BCUT2D eigenvalue weighted by Crippen LogP contribution is 2.51. The predicted octanol–water partition coefficient (Wildman–Crippen LogP) is 4.04. The van der Waals surface area contributed by atoms with E-state index in [1.165, 1.54) is 51.4 Å². The van der Waals surface area contributed by atoms with Crippen molar-refractivity contribution in [2.75, 3.05) is 0 Å². The van der Waals surface area contributed by atoms with Crippen LogP contribution in [-0.4, -0.2) is 10.7 Å². The molecule has 0 atom stereocenters. The van der Waals surface area contributed by atoms with E-state index in [9.17, 15) is 5.11 Å². The first-order valence-corrected chi connectivity index (χ1v) is 6.91. The molecular weight excluding hydrogens is 184 g/mol. The topological polar surface area (TPSA) is 20.2 Å². The Morgan fingerprint density at radius 2 is 1.53 bits per heavy atom. The number of rotatable bonds is 3. The Kier molecular flexibility index (Phi) is 3.39. The summed E-state index contributed by atoms with van der Waals surface area (Å²) in [6.07, 6.45) is 14.0. The molecule has 0 bridgehead atoms. The van der Waals surface area contributed by atoms with Gasteiger partial charge in [0.05, 0.1) is 5.60 Å². The van der Waals surface area contributed by atoms with Crippen molar-refractivity contribution in [1.82, 2.24) is 0 Å². The van der Waals surface area contributed by atoms with Gasteiger partial charge >= 0.3 is 0 Å². The number of aliphatic hydroxyl groups is 1. The van der Waals surface area contributed by atoms with E-state index >= 15 is 0 Å². The van der Waals surface area contributed by atoms with Crippen LogP contribution in [0.25, 0.3) is 0 Å². The summed E-state index contributed by atoms with van der Waals surface area (Å²) < 4.78 is 0. The monoisotopic (exact) mass is 210 g/mol. The lowest BCUT2D eigenvalue weighted by atomic mass is 9.66. The van der Waals surface area contributed by atoms with Gasteiger partial charge in [-0.2, -0.15) is 0 Å². The SMILES string of the molecule is CCCCC1(O)CCC2(CCCC2)CC1. The molecule has 0 unspecified atom stereocenters. The summed E-state index contributed by atoms with van der Waals surface area (Å²) in [7, 11) is 0. The molecule has 1 N–H and O–H groups in total. The third kappa shape index (κ3) is 2.55. The van der Waals surface area contributed by atoms with Crippen LogP contribution in [0.1, 0.15) is 77.6 Å². The Labute approximate surface area is 94.3 Å². The summed E-state index contributed by atoms with van der Waals surface area (Å²) >= 11 is 0. The fourth-order valence-electron chi connectivity index (χ4n) is 3.63. The van der Waals surface area contributed by atoms with Crippen molar-refractivity contribution in [1.29, 1.82) is 0 Å². The molecule has 0 aliphatic heterocycles. The summed E-state index contributed by atoms with van der Waals surface area (Å²) in [5.41, 5.74) is 0.377. The minimum atomic E-state index is -0.288. The molecule has 0 aromatic carbocycles. The third-order valence-corrected chi connectivity index (χ3v) is 4.90. The summed E-state index contributed by atoms with van der Waals surface area (Å²) in [5.74, 6) is 0. The average Bonchev–Trinajstić information content (AvgIpc) is 2.70. The lowest BCUT2D eigenvalue weighted by molar-refractivity contribution is -0.0401. The van der Waals surface area contributed by atoms with E-state index in [1.54, 1.807) is 0 Å². The Balaban J connectivity index is 1.85. The van der Waals surface area contributed by atoms with Crippen molar-refractivity contribution in [3.8, 4) is 0 Å². The van der Waals surface area contributed by atoms with E-state index < -0.39 is 0 Å². The first-order chi connectivity index (χ1) is 7.18. The van der Waals surface area contributed by atoms with Gasteiger partial charge in [0.1, 0.15) is 0 Å². The Morgan fingerprint density at radius 3 is 2.07 bits per heavy atom. The first-order valence-electron chi connectivity index (χ1n) is 6.91. The molecule has 1 spiro atoms. The van der Waals surface area contributed by atoms with Crippen molar-refractivity contribution in [3.63, 3.8) is 0 Å². The van der Waals surface area contributed by atoms with Crippen LogP contribution in [0.4, 0.5) is 0 Å². The molecule has 2 rings (SSSR count). The van der Waals surface area contributed by atoms with Gasteiger partial charge in [0.25, 0.3) is 0 Å². The van der Waals surface area contributed by atoms with Crippen LogP contribution in [0, 0.1) is 5.41 Å². The second kappa shape index (κ2) is 4.45. The van der Waals surface area contributed by atoms with E-state index in [1.807, 2.05) is 0 Å². The number of unbranched alkanes of at least 4 members (excludes halogenated alkanes) is 1. The lowest BCUT2D eigenvalue weighted by Crippen LogP contribution is -2.37. The van der Waals surface area contributed by atoms with Crippen LogP contribution < -0.4 is 0 Å². The van der Waals surface area contributed by atoms with Crippen LogP contribution >= 0.6 is 0 Å². The summed E-state index contributed by atoms with van der Waals surface area (Å²) in [5, 5.41) is 10.4. The fraction of sp³-hybridized carbons (Fsp3) is 1.00. The molecule has 0 amide bonds. The van der Waals surface area contributed by atoms with E-state index in [4.69, 9.17) is 0 Å². The number of hydrogen-bond donors (Lipinski definition) is 1.